The standard InChI is InChI=1S/C11H11ClN4S/c1-7-4-9(12)16-11(15-7)6-17-8-2-3-10(13)14-5-8/h2-5H,6H2,1H3,(H2,13,14). The van der Waals surface area contributed by atoms with Crippen LogP contribution in [0.3, 0.4) is 0 Å². The zero-order valence-corrected chi connectivity index (χ0v) is 10.8. The van der Waals surface area contributed by atoms with Crippen LogP contribution >= 0.6 is 23.4 Å². The lowest BCUT2D eigenvalue weighted by Crippen LogP contribution is -1.95. The first kappa shape index (κ1) is 12.1. The minimum Gasteiger partial charge on any atom is -0.384 e. The minimum absolute atomic E-state index is 0.475. The molecular weight excluding hydrogens is 256 g/mol. The molecule has 0 radical (unpaired) electrons. The number of nitrogen functional groups attached to an aromatic ring is 1. The van der Waals surface area contributed by atoms with Crippen molar-refractivity contribution in [3.05, 3.63) is 41.1 Å². The lowest BCUT2D eigenvalue weighted by molar-refractivity contribution is 0.995. The van der Waals surface area contributed by atoms with E-state index in [-0.39, 0.29) is 0 Å². The van der Waals surface area contributed by atoms with Crippen molar-refractivity contribution >= 4 is 29.2 Å². The van der Waals surface area contributed by atoms with Gasteiger partial charge in [-0.1, -0.05) is 11.6 Å². The molecule has 88 valence electrons. The summed E-state index contributed by atoms with van der Waals surface area (Å²) in [6.45, 7) is 1.90. The van der Waals surface area contributed by atoms with E-state index < -0.39 is 0 Å². The highest BCUT2D eigenvalue weighted by molar-refractivity contribution is 7.98. The topological polar surface area (TPSA) is 64.7 Å². The largest absolute Gasteiger partial charge is 0.384 e. The zero-order valence-electron chi connectivity index (χ0n) is 9.22. The summed E-state index contributed by atoms with van der Waals surface area (Å²) in [6.07, 6.45) is 1.73. The Bertz CT molecular complexity index is 495. The van der Waals surface area contributed by atoms with Crippen LogP contribution in [0, 0.1) is 6.92 Å². The third kappa shape index (κ3) is 3.57. The van der Waals surface area contributed by atoms with Gasteiger partial charge in [-0.05, 0) is 25.1 Å². The number of aromatic nitrogens is 3. The van der Waals surface area contributed by atoms with Crippen LogP contribution in [0.5, 0.6) is 0 Å². The van der Waals surface area contributed by atoms with Crippen molar-refractivity contribution in [1.29, 1.82) is 0 Å². The van der Waals surface area contributed by atoms with Crippen LogP contribution in [0.25, 0.3) is 0 Å². The molecule has 2 aromatic heterocycles. The molecule has 2 rings (SSSR count). The minimum atomic E-state index is 0.475. The van der Waals surface area contributed by atoms with Gasteiger partial charge in [0.15, 0.2) is 0 Å². The van der Waals surface area contributed by atoms with Crippen LogP contribution < -0.4 is 5.73 Å². The molecule has 0 aliphatic rings. The maximum Gasteiger partial charge on any atom is 0.140 e. The van der Waals surface area contributed by atoms with E-state index in [0.717, 1.165) is 16.4 Å². The summed E-state index contributed by atoms with van der Waals surface area (Å²) < 4.78 is 0. The highest BCUT2D eigenvalue weighted by atomic mass is 35.5. The maximum atomic E-state index is 5.86. The van der Waals surface area contributed by atoms with Crippen LogP contribution in [0.4, 0.5) is 5.82 Å². The van der Waals surface area contributed by atoms with Crippen LogP contribution in [0.15, 0.2) is 29.3 Å². The fourth-order valence-electron chi connectivity index (χ4n) is 1.28. The van der Waals surface area contributed by atoms with Gasteiger partial charge < -0.3 is 5.73 Å². The van der Waals surface area contributed by atoms with Gasteiger partial charge in [0.1, 0.15) is 16.8 Å². The van der Waals surface area contributed by atoms with Crippen LogP contribution in [-0.2, 0) is 5.75 Å². The number of hydrogen-bond acceptors (Lipinski definition) is 5. The van der Waals surface area contributed by atoms with E-state index in [4.69, 9.17) is 17.3 Å². The van der Waals surface area contributed by atoms with Crippen molar-refractivity contribution < 1.29 is 0 Å². The lowest BCUT2D eigenvalue weighted by atomic mass is 10.4. The van der Waals surface area contributed by atoms with Crippen molar-refractivity contribution in [2.24, 2.45) is 0 Å². The fraction of sp³-hybridized carbons (Fsp3) is 0.182. The van der Waals surface area contributed by atoms with E-state index in [1.54, 1.807) is 30.1 Å². The van der Waals surface area contributed by atoms with Gasteiger partial charge >= 0.3 is 0 Å². The second kappa shape index (κ2) is 5.33. The molecule has 0 aliphatic heterocycles. The fourth-order valence-corrected chi connectivity index (χ4v) is 2.25. The average Bonchev–Trinajstić information content (AvgIpc) is 2.27. The molecule has 4 nitrogen and oxygen atoms in total. The van der Waals surface area contributed by atoms with Gasteiger partial charge in [0.05, 0.1) is 5.75 Å². The van der Waals surface area contributed by atoms with Gasteiger partial charge in [-0.3, -0.25) is 0 Å². The van der Waals surface area contributed by atoms with E-state index in [2.05, 4.69) is 15.0 Å². The first-order valence-electron chi connectivity index (χ1n) is 4.98. The number of hydrogen-bond donors (Lipinski definition) is 1. The number of pyridine rings is 1. The van der Waals surface area contributed by atoms with E-state index >= 15 is 0 Å². The third-order valence-corrected chi connectivity index (χ3v) is 3.17. The predicted octanol–water partition coefficient (Wildman–Crippen LogP) is 2.71. The third-order valence-electron chi connectivity index (χ3n) is 2.00. The summed E-state index contributed by atoms with van der Waals surface area (Å²) >= 11 is 7.46. The van der Waals surface area contributed by atoms with E-state index in [1.807, 2.05) is 13.0 Å². The molecule has 0 saturated heterocycles. The Balaban J connectivity index is 2.04. The molecule has 17 heavy (non-hydrogen) atoms. The van der Waals surface area contributed by atoms with Gasteiger partial charge in [0.2, 0.25) is 0 Å². The number of nitrogens with zero attached hydrogens (tertiary/aromatic N) is 3. The summed E-state index contributed by atoms with van der Waals surface area (Å²) in [4.78, 5) is 13.5. The van der Waals surface area contributed by atoms with Crippen LogP contribution in [0.1, 0.15) is 11.5 Å². The molecule has 0 unspecified atom stereocenters. The predicted molar refractivity (Wildman–Crippen MR) is 70.0 cm³/mol. The van der Waals surface area contributed by atoms with Crippen molar-refractivity contribution in [3.8, 4) is 0 Å². The van der Waals surface area contributed by atoms with Crippen molar-refractivity contribution in [2.75, 3.05) is 5.73 Å². The highest BCUT2D eigenvalue weighted by Crippen LogP contribution is 2.21. The van der Waals surface area contributed by atoms with Gasteiger partial charge in [-0.15, -0.1) is 11.8 Å². The number of anilines is 1. The molecule has 2 aromatic rings. The van der Waals surface area contributed by atoms with Crippen molar-refractivity contribution in [2.45, 2.75) is 17.6 Å². The Morgan fingerprint density at radius 1 is 1.35 bits per heavy atom. The lowest BCUT2D eigenvalue weighted by Gasteiger charge is -2.02. The van der Waals surface area contributed by atoms with Crippen LogP contribution in [-0.4, -0.2) is 15.0 Å². The number of aryl methyl sites for hydroxylation is 1. The SMILES string of the molecule is Cc1cc(Cl)nc(CSc2ccc(N)nc2)n1. The molecule has 6 heteroatoms. The smallest absolute Gasteiger partial charge is 0.140 e. The molecule has 0 aromatic carbocycles. The first-order valence-corrected chi connectivity index (χ1v) is 6.34. The molecule has 0 fully saturated rings. The molecule has 0 amide bonds. The van der Waals surface area contributed by atoms with E-state index in [0.29, 0.717) is 16.7 Å². The zero-order chi connectivity index (χ0) is 12.3. The Morgan fingerprint density at radius 2 is 2.18 bits per heavy atom. The molecule has 0 aliphatic carbocycles. The van der Waals surface area contributed by atoms with Crippen LogP contribution in [0.2, 0.25) is 5.15 Å². The second-order valence-electron chi connectivity index (χ2n) is 3.46. The number of thioether (sulfide) groups is 1. The summed E-state index contributed by atoms with van der Waals surface area (Å²) in [6, 6.07) is 5.43. The van der Waals surface area contributed by atoms with Gasteiger partial charge in [-0.2, -0.15) is 0 Å². The van der Waals surface area contributed by atoms with Gasteiger partial charge in [0.25, 0.3) is 0 Å². The molecule has 2 N–H and O–H groups in total. The van der Waals surface area contributed by atoms with Crippen molar-refractivity contribution in [3.63, 3.8) is 0 Å². The molecule has 0 atom stereocenters. The normalized spacial score (nSPS) is 10.5. The number of nitrogens with two attached hydrogens (primary N) is 1. The van der Waals surface area contributed by atoms with Crippen molar-refractivity contribution in [1.82, 2.24) is 15.0 Å². The molecule has 0 saturated carbocycles. The first-order chi connectivity index (χ1) is 8.13. The average molecular weight is 267 g/mol. The summed E-state index contributed by atoms with van der Waals surface area (Å²) in [7, 11) is 0. The number of rotatable bonds is 3. The summed E-state index contributed by atoms with van der Waals surface area (Å²) in [5.41, 5.74) is 6.38. The summed E-state index contributed by atoms with van der Waals surface area (Å²) in [5, 5.41) is 0.475. The Labute approximate surface area is 109 Å². The summed E-state index contributed by atoms with van der Waals surface area (Å²) in [5.74, 6) is 1.90. The maximum absolute atomic E-state index is 5.86. The van der Waals surface area contributed by atoms with E-state index in [1.165, 1.54) is 0 Å². The highest BCUT2D eigenvalue weighted by Gasteiger charge is 2.02. The Morgan fingerprint density at radius 3 is 2.82 bits per heavy atom. The molecule has 2 heterocycles. The van der Waals surface area contributed by atoms with E-state index in [9.17, 15) is 0 Å². The van der Waals surface area contributed by atoms with Gasteiger partial charge in [0, 0.05) is 16.8 Å². The molecule has 0 bridgehead atoms. The molecular formula is C11H11ClN4S. The van der Waals surface area contributed by atoms with Gasteiger partial charge in [-0.25, -0.2) is 15.0 Å². The second-order valence-corrected chi connectivity index (χ2v) is 4.89. The molecule has 0 spiro atoms. The Hall–Kier alpha value is -1.33. The Kier molecular flexibility index (Phi) is 3.81. The number of halogens is 1. The monoisotopic (exact) mass is 266 g/mol. The quantitative estimate of drug-likeness (QED) is 0.684.